The van der Waals surface area contributed by atoms with Gasteiger partial charge in [-0.3, -0.25) is 9.59 Å². The average Bonchev–Trinajstić information content (AvgIpc) is 2.52. The largest absolute Gasteiger partial charge is 0.437 e. The van der Waals surface area contributed by atoms with Gasteiger partial charge in [0.25, 0.3) is 0 Å². The highest BCUT2D eigenvalue weighted by molar-refractivity contribution is 6.87. The molecule has 184 valence electrons. The standard InChI is InChI=1S/C23H51NO4Si3/c1-19(2)13-12-16-24-23(26)15-14-21(17-22(25)20(3)4)18-30(8,9)28-31(10,11)27-29(5,6)7/h19-21H,12-18H2,1-11H3,(H,24,26). The van der Waals surface area contributed by atoms with Gasteiger partial charge in [-0.2, -0.15) is 0 Å². The molecular weight excluding hydrogens is 439 g/mol. The minimum atomic E-state index is -2.22. The third kappa shape index (κ3) is 16.9. The second-order valence-electron chi connectivity index (χ2n) is 11.8. The van der Waals surface area contributed by atoms with Gasteiger partial charge in [0.15, 0.2) is 16.6 Å². The zero-order chi connectivity index (χ0) is 24.5. The summed E-state index contributed by atoms with van der Waals surface area (Å²) in [6, 6.07) is 0.886. The Morgan fingerprint density at radius 3 is 1.94 bits per heavy atom. The Morgan fingerprint density at radius 1 is 0.871 bits per heavy atom. The molecule has 0 aliphatic carbocycles. The third-order valence-corrected chi connectivity index (χ3v) is 15.2. The van der Waals surface area contributed by atoms with Gasteiger partial charge < -0.3 is 13.5 Å². The summed E-state index contributed by atoms with van der Waals surface area (Å²) in [5.41, 5.74) is 0. The molecule has 0 aromatic carbocycles. The summed E-state index contributed by atoms with van der Waals surface area (Å²) in [5, 5.41) is 3.04. The highest BCUT2D eigenvalue weighted by Crippen LogP contribution is 2.30. The quantitative estimate of drug-likeness (QED) is 0.203. The van der Waals surface area contributed by atoms with Crippen LogP contribution in [-0.4, -0.2) is 43.4 Å². The van der Waals surface area contributed by atoms with Crippen LogP contribution in [-0.2, 0) is 17.8 Å². The Balaban J connectivity index is 4.95. The second kappa shape index (κ2) is 13.4. The summed E-state index contributed by atoms with van der Waals surface area (Å²) in [6.07, 6.45) is 3.90. The van der Waals surface area contributed by atoms with Gasteiger partial charge in [-0.1, -0.05) is 27.7 Å². The van der Waals surface area contributed by atoms with Crippen LogP contribution in [0.2, 0.25) is 51.9 Å². The topological polar surface area (TPSA) is 64.6 Å². The summed E-state index contributed by atoms with van der Waals surface area (Å²) in [5.74, 6) is 1.26. The second-order valence-corrected chi connectivity index (χ2v) is 24.4. The number of amides is 1. The van der Waals surface area contributed by atoms with Gasteiger partial charge in [-0.15, -0.1) is 0 Å². The molecule has 1 atom stereocenters. The lowest BCUT2D eigenvalue weighted by atomic mass is 9.94. The molecule has 1 N–H and O–H groups in total. The van der Waals surface area contributed by atoms with Crippen LogP contribution < -0.4 is 5.32 Å². The van der Waals surface area contributed by atoms with E-state index in [9.17, 15) is 9.59 Å². The van der Waals surface area contributed by atoms with Gasteiger partial charge in [-0.25, -0.2) is 0 Å². The summed E-state index contributed by atoms with van der Waals surface area (Å²) < 4.78 is 13.1. The lowest BCUT2D eigenvalue weighted by Crippen LogP contribution is -2.52. The first-order chi connectivity index (χ1) is 13.9. The van der Waals surface area contributed by atoms with Gasteiger partial charge in [0.2, 0.25) is 5.91 Å². The normalized spacial score (nSPS) is 14.2. The molecule has 0 saturated carbocycles. The first-order valence-electron chi connectivity index (χ1n) is 12.1. The Kier molecular flexibility index (Phi) is 13.3. The lowest BCUT2D eigenvalue weighted by molar-refractivity contribution is -0.124. The SMILES string of the molecule is CC(C)CCCNC(=O)CCC(CC(=O)C(C)C)C[Si](C)(C)O[Si](C)(C)O[Si](C)(C)C. The van der Waals surface area contributed by atoms with Gasteiger partial charge in [-0.05, 0) is 83.0 Å². The molecule has 0 bridgehead atoms. The summed E-state index contributed by atoms with van der Waals surface area (Å²) in [4.78, 5) is 24.8. The Bertz CT molecular complexity index is 558. The number of carbonyl (C=O) groups excluding carboxylic acids is 2. The number of rotatable bonds is 16. The minimum Gasteiger partial charge on any atom is -0.437 e. The molecule has 1 amide bonds. The molecule has 0 fully saturated rings. The van der Waals surface area contributed by atoms with E-state index in [-0.39, 0.29) is 23.5 Å². The zero-order valence-electron chi connectivity index (χ0n) is 22.3. The lowest BCUT2D eigenvalue weighted by Gasteiger charge is -2.38. The van der Waals surface area contributed by atoms with E-state index in [1.807, 2.05) is 13.8 Å². The number of ketones is 1. The van der Waals surface area contributed by atoms with Gasteiger partial charge >= 0.3 is 8.56 Å². The molecule has 0 rings (SSSR count). The van der Waals surface area contributed by atoms with Crippen LogP contribution in [0.3, 0.4) is 0 Å². The van der Waals surface area contributed by atoms with Gasteiger partial charge in [0, 0.05) is 25.3 Å². The van der Waals surface area contributed by atoms with Crippen molar-refractivity contribution >= 4 is 36.9 Å². The van der Waals surface area contributed by atoms with Crippen LogP contribution in [0, 0.1) is 17.8 Å². The zero-order valence-corrected chi connectivity index (χ0v) is 25.3. The molecule has 0 heterocycles. The van der Waals surface area contributed by atoms with Gasteiger partial charge in [0.05, 0.1) is 0 Å². The number of carbonyl (C=O) groups is 2. The number of hydrogen-bond donors (Lipinski definition) is 1. The molecular formula is C23H51NO4Si3. The number of nitrogens with one attached hydrogen (secondary N) is 1. The molecule has 1 unspecified atom stereocenters. The van der Waals surface area contributed by atoms with E-state index < -0.39 is 25.2 Å². The van der Waals surface area contributed by atoms with E-state index in [1.54, 1.807) is 0 Å². The van der Waals surface area contributed by atoms with Gasteiger partial charge in [0.1, 0.15) is 5.78 Å². The maximum Gasteiger partial charge on any atom is 0.311 e. The van der Waals surface area contributed by atoms with E-state index in [4.69, 9.17) is 8.23 Å². The maximum atomic E-state index is 12.5. The minimum absolute atomic E-state index is 0.0269. The van der Waals surface area contributed by atoms with Crippen LogP contribution >= 0.6 is 0 Å². The van der Waals surface area contributed by atoms with E-state index in [2.05, 4.69) is 65.0 Å². The molecule has 31 heavy (non-hydrogen) atoms. The van der Waals surface area contributed by atoms with E-state index in [1.165, 1.54) is 0 Å². The molecule has 0 spiro atoms. The molecule has 8 heteroatoms. The van der Waals surface area contributed by atoms with Crippen molar-refractivity contribution in [3.8, 4) is 0 Å². The van der Waals surface area contributed by atoms with Crippen molar-refractivity contribution in [2.75, 3.05) is 6.54 Å². The summed E-state index contributed by atoms with van der Waals surface area (Å²) in [6.45, 7) is 24.4. The Hall–Kier alpha value is -0.289. The fraction of sp³-hybridized carbons (Fsp3) is 0.913. The Labute approximate surface area is 196 Å². The predicted octanol–water partition coefficient (Wildman–Crippen LogP) is 6.33. The molecule has 0 aliphatic heterocycles. The van der Waals surface area contributed by atoms with Crippen LogP contribution in [0.5, 0.6) is 0 Å². The number of Topliss-reactive ketones (excluding diaryl/α,β-unsaturated/α-hetero) is 1. The third-order valence-electron chi connectivity index (χ3n) is 5.05. The fourth-order valence-electron chi connectivity index (χ4n) is 4.12. The maximum absolute atomic E-state index is 12.5. The molecule has 0 aromatic rings. The van der Waals surface area contributed by atoms with Crippen molar-refractivity contribution in [3.63, 3.8) is 0 Å². The Morgan fingerprint density at radius 2 is 1.45 bits per heavy atom. The van der Waals surface area contributed by atoms with Crippen LogP contribution in [0.25, 0.3) is 0 Å². The fourth-order valence-corrected chi connectivity index (χ4v) is 18.0. The smallest absolute Gasteiger partial charge is 0.311 e. The first-order valence-corrected chi connectivity index (χ1v) is 21.5. The summed E-state index contributed by atoms with van der Waals surface area (Å²) in [7, 11) is -5.94. The molecule has 0 aromatic heterocycles. The van der Waals surface area contributed by atoms with E-state index in [0.29, 0.717) is 18.8 Å². The highest BCUT2D eigenvalue weighted by Gasteiger charge is 2.39. The average molecular weight is 490 g/mol. The van der Waals surface area contributed by atoms with Crippen LogP contribution in [0.4, 0.5) is 0 Å². The van der Waals surface area contributed by atoms with E-state index >= 15 is 0 Å². The van der Waals surface area contributed by atoms with Crippen LogP contribution in [0.15, 0.2) is 0 Å². The van der Waals surface area contributed by atoms with Crippen molar-refractivity contribution in [3.05, 3.63) is 0 Å². The number of hydrogen-bond acceptors (Lipinski definition) is 4. The molecule has 0 saturated heterocycles. The van der Waals surface area contributed by atoms with Crippen LogP contribution in [0.1, 0.15) is 59.8 Å². The van der Waals surface area contributed by atoms with Crippen molar-refractivity contribution in [1.82, 2.24) is 5.32 Å². The van der Waals surface area contributed by atoms with Crippen molar-refractivity contribution in [2.45, 2.75) is 112 Å². The molecule has 5 nitrogen and oxygen atoms in total. The van der Waals surface area contributed by atoms with Crippen molar-refractivity contribution in [1.29, 1.82) is 0 Å². The molecule has 0 aliphatic rings. The monoisotopic (exact) mass is 489 g/mol. The highest BCUT2D eigenvalue weighted by atomic mass is 28.5. The summed E-state index contributed by atoms with van der Waals surface area (Å²) >= 11 is 0. The molecule has 0 radical (unpaired) electrons. The first kappa shape index (κ1) is 30.7. The predicted molar refractivity (Wildman–Crippen MR) is 140 cm³/mol. The van der Waals surface area contributed by atoms with Crippen molar-refractivity contribution in [2.24, 2.45) is 17.8 Å². The van der Waals surface area contributed by atoms with E-state index in [0.717, 1.165) is 31.9 Å². The van der Waals surface area contributed by atoms with Crippen molar-refractivity contribution < 1.29 is 17.8 Å².